The predicted octanol–water partition coefficient (Wildman–Crippen LogP) is 2.44. The number of fused-ring (bicyclic) bond motifs is 1. The normalized spacial score (nSPS) is 18.5. The Morgan fingerprint density at radius 1 is 1.44 bits per heavy atom. The molecule has 0 saturated carbocycles. The quantitative estimate of drug-likeness (QED) is 0.864. The van der Waals surface area contributed by atoms with Gasteiger partial charge in [0.1, 0.15) is 0 Å². The van der Waals surface area contributed by atoms with E-state index in [0.717, 1.165) is 19.4 Å². The molecule has 18 heavy (non-hydrogen) atoms. The molecular formula is C14H20N2O2. The molecule has 4 heteroatoms. The molecule has 0 aromatic heterocycles. The second-order valence-corrected chi connectivity index (χ2v) is 5.28. The number of hydrogen-bond acceptors (Lipinski definition) is 2. The van der Waals surface area contributed by atoms with Gasteiger partial charge in [-0.2, -0.15) is 0 Å². The number of hydrogen-bond donors (Lipinski definition) is 2. The van der Waals surface area contributed by atoms with Crippen molar-refractivity contribution in [3.05, 3.63) is 29.3 Å². The first-order chi connectivity index (χ1) is 8.54. The van der Waals surface area contributed by atoms with Crippen LogP contribution < -0.4 is 5.32 Å². The molecule has 1 atom stereocenters. The van der Waals surface area contributed by atoms with Gasteiger partial charge in [0.15, 0.2) is 0 Å². The van der Waals surface area contributed by atoms with E-state index in [0.29, 0.717) is 11.6 Å². The van der Waals surface area contributed by atoms with E-state index in [2.05, 4.69) is 30.4 Å². The molecule has 0 bridgehead atoms. The molecule has 0 radical (unpaired) electrons. The molecule has 1 aliphatic carbocycles. The number of amides is 1. The van der Waals surface area contributed by atoms with Crippen LogP contribution in [-0.4, -0.2) is 36.7 Å². The molecule has 1 aromatic rings. The maximum absolute atomic E-state index is 10.6. The highest BCUT2D eigenvalue weighted by Gasteiger charge is 2.19. The van der Waals surface area contributed by atoms with Crippen molar-refractivity contribution in [1.82, 2.24) is 4.90 Å². The predicted molar refractivity (Wildman–Crippen MR) is 72.2 cm³/mol. The van der Waals surface area contributed by atoms with Crippen molar-refractivity contribution >= 4 is 11.8 Å². The van der Waals surface area contributed by atoms with Gasteiger partial charge in [-0.25, -0.2) is 4.79 Å². The van der Waals surface area contributed by atoms with Gasteiger partial charge in [0, 0.05) is 12.2 Å². The number of nitrogens with one attached hydrogen (secondary N) is 1. The molecule has 2 N–H and O–H groups in total. The SMILES string of the molecule is CN(C)CC1CCc2cc(NC(=O)O)ccc2C1. The Morgan fingerprint density at radius 3 is 2.89 bits per heavy atom. The second-order valence-electron chi connectivity index (χ2n) is 5.28. The summed E-state index contributed by atoms with van der Waals surface area (Å²) in [6, 6.07) is 5.88. The van der Waals surface area contributed by atoms with E-state index in [-0.39, 0.29) is 0 Å². The topological polar surface area (TPSA) is 52.6 Å². The molecule has 0 spiro atoms. The number of carbonyl (C=O) groups is 1. The minimum absolute atomic E-state index is 0.673. The molecule has 0 fully saturated rings. The van der Waals surface area contributed by atoms with Crippen LogP contribution in [0.25, 0.3) is 0 Å². The van der Waals surface area contributed by atoms with Crippen LogP contribution in [0, 0.1) is 5.92 Å². The number of nitrogens with zero attached hydrogens (tertiary/aromatic N) is 1. The molecule has 0 aliphatic heterocycles. The minimum atomic E-state index is -1.00. The number of anilines is 1. The molecule has 1 aromatic carbocycles. The van der Waals surface area contributed by atoms with Gasteiger partial charge in [-0.3, -0.25) is 5.32 Å². The van der Waals surface area contributed by atoms with Crippen LogP contribution in [0.2, 0.25) is 0 Å². The summed E-state index contributed by atoms with van der Waals surface area (Å²) in [6.07, 6.45) is 2.32. The van der Waals surface area contributed by atoms with Crippen LogP contribution in [0.15, 0.2) is 18.2 Å². The molecule has 1 amide bonds. The molecule has 1 unspecified atom stereocenters. The molecule has 4 nitrogen and oxygen atoms in total. The molecular weight excluding hydrogens is 228 g/mol. The molecule has 1 aliphatic rings. The zero-order valence-corrected chi connectivity index (χ0v) is 10.9. The van der Waals surface area contributed by atoms with Crippen LogP contribution in [0.4, 0.5) is 10.5 Å². The lowest BCUT2D eigenvalue weighted by molar-refractivity contribution is 0.209. The smallest absolute Gasteiger partial charge is 0.409 e. The average molecular weight is 248 g/mol. The lowest BCUT2D eigenvalue weighted by Crippen LogP contribution is -2.26. The fourth-order valence-corrected chi connectivity index (χ4v) is 2.70. The summed E-state index contributed by atoms with van der Waals surface area (Å²) in [5.74, 6) is 0.714. The zero-order chi connectivity index (χ0) is 13.1. The Morgan fingerprint density at radius 2 is 2.22 bits per heavy atom. The van der Waals surface area contributed by atoms with E-state index in [9.17, 15) is 4.79 Å². The first kappa shape index (κ1) is 12.9. The third kappa shape index (κ3) is 3.23. The van der Waals surface area contributed by atoms with Crippen molar-refractivity contribution in [2.24, 2.45) is 5.92 Å². The third-order valence-corrected chi connectivity index (χ3v) is 3.41. The summed E-state index contributed by atoms with van der Waals surface area (Å²) in [7, 11) is 4.21. The van der Waals surface area contributed by atoms with Gasteiger partial charge < -0.3 is 10.0 Å². The maximum Gasteiger partial charge on any atom is 0.409 e. The Balaban J connectivity index is 2.08. The van der Waals surface area contributed by atoms with Crippen molar-refractivity contribution in [2.75, 3.05) is 26.0 Å². The standard InChI is InChI=1S/C14H20N2O2/c1-16(2)9-10-3-4-12-8-13(15-14(17)18)6-5-11(12)7-10/h5-6,8,10,15H,3-4,7,9H2,1-2H3,(H,17,18). The van der Waals surface area contributed by atoms with Gasteiger partial charge in [-0.15, -0.1) is 0 Å². The molecule has 0 saturated heterocycles. The van der Waals surface area contributed by atoms with Crippen LogP contribution in [0.5, 0.6) is 0 Å². The maximum atomic E-state index is 10.6. The van der Waals surface area contributed by atoms with Gasteiger partial charge in [-0.05, 0) is 62.5 Å². The molecule has 2 rings (SSSR count). The second kappa shape index (κ2) is 5.40. The van der Waals surface area contributed by atoms with Crippen LogP contribution >= 0.6 is 0 Å². The lowest BCUT2D eigenvalue weighted by Gasteiger charge is -2.27. The third-order valence-electron chi connectivity index (χ3n) is 3.41. The van der Waals surface area contributed by atoms with E-state index in [1.807, 2.05) is 12.1 Å². The van der Waals surface area contributed by atoms with Crippen molar-refractivity contribution < 1.29 is 9.90 Å². The minimum Gasteiger partial charge on any atom is -0.465 e. The number of carboxylic acid groups (broad SMARTS) is 1. The van der Waals surface area contributed by atoms with Crippen molar-refractivity contribution in [3.8, 4) is 0 Å². The molecule has 98 valence electrons. The summed E-state index contributed by atoms with van der Waals surface area (Å²) in [5.41, 5.74) is 3.33. The van der Waals surface area contributed by atoms with Crippen LogP contribution in [-0.2, 0) is 12.8 Å². The first-order valence-electron chi connectivity index (χ1n) is 6.31. The van der Waals surface area contributed by atoms with Crippen molar-refractivity contribution in [2.45, 2.75) is 19.3 Å². The number of aryl methyl sites for hydroxylation is 1. The van der Waals surface area contributed by atoms with E-state index >= 15 is 0 Å². The van der Waals surface area contributed by atoms with Crippen molar-refractivity contribution in [1.29, 1.82) is 0 Å². The Hall–Kier alpha value is -1.55. The zero-order valence-electron chi connectivity index (χ0n) is 10.9. The van der Waals surface area contributed by atoms with Gasteiger partial charge in [-0.1, -0.05) is 6.07 Å². The summed E-state index contributed by atoms with van der Waals surface area (Å²) < 4.78 is 0. The van der Waals surface area contributed by atoms with Gasteiger partial charge in [0.05, 0.1) is 0 Å². The highest BCUT2D eigenvalue weighted by atomic mass is 16.4. The van der Waals surface area contributed by atoms with Crippen LogP contribution in [0.3, 0.4) is 0 Å². The fraction of sp³-hybridized carbons (Fsp3) is 0.500. The van der Waals surface area contributed by atoms with Gasteiger partial charge >= 0.3 is 6.09 Å². The first-order valence-corrected chi connectivity index (χ1v) is 6.31. The Kier molecular flexibility index (Phi) is 3.87. The van der Waals surface area contributed by atoms with E-state index in [1.54, 1.807) is 0 Å². The highest BCUT2D eigenvalue weighted by Crippen LogP contribution is 2.28. The average Bonchev–Trinajstić information content (AvgIpc) is 2.27. The number of rotatable bonds is 3. The van der Waals surface area contributed by atoms with E-state index < -0.39 is 6.09 Å². The Labute approximate surface area is 108 Å². The highest BCUT2D eigenvalue weighted by molar-refractivity contribution is 5.83. The van der Waals surface area contributed by atoms with Gasteiger partial charge in [0.25, 0.3) is 0 Å². The summed E-state index contributed by atoms with van der Waals surface area (Å²) in [4.78, 5) is 12.8. The van der Waals surface area contributed by atoms with Gasteiger partial charge in [0.2, 0.25) is 0 Å². The fourth-order valence-electron chi connectivity index (χ4n) is 2.70. The summed E-state index contributed by atoms with van der Waals surface area (Å²) in [5, 5.41) is 11.1. The van der Waals surface area contributed by atoms with E-state index in [4.69, 9.17) is 5.11 Å². The largest absolute Gasteiger partial charge is 0.465 e. The monoisotopic (exact) mass is 248 g/mol. The summed E-state index contributed by atoms with van der Waals surface area (Å²) >= 11 is 0. The summed E-state index contributed by atoms with van der Waals surface area (Å²) in [6.45, 7) is 1.12. The lowest BCUT2D eigenvalue weighted by atomic mass is 9.83. The number of benzene rings is 1. The molecule has 0 heterocycles. The Bertz CT molecular complexity index is 443. The van der Waals surface area contributed by atoms with Crippen molar-refractivity contribution in [3.63, 3.8) is 0 Å². The van der Waals surface area contributed by atoms with Crippen LogP contribution in [0.1, 0.15) is 17.5 Å². The van der Waals surface area contributed by atoms with E-state index in [1.165, 1.54) is 17.5 Å².